The Morgan fingerprint density at radius 1 is 0.886 bits per heavy atom. The van der Waals surface area contributed by atoms with Crippen molar-refractivity contribution in [3.05, 3.63) is 101 Å². The number of benzene rings is 3. The SMILES string of the molecule is CN(CCC(Oc1ccc(C(F)(F)c2cccc(C(F)(F)F)c2)cc1)c1ccccc1)CC(=O)O. The van der Waals surface area contributed by atoms with Crippen molar-refractivity contribution in [3.63, 3.8) is 0 Å². The molecule has 0 radical (unpaired) electrons. The number of ether oxygens (including phenoxy) is 1. The van der Waals surface area contributed by atoms with Gasteiger partial charge in [0, 0.05) is 24.1 Å². The molecule has 1 N–H and O–H groups in total. The van der Waals surface area contributed by atoms with E-state index in [0.717, 1.165) is 35.9 Å². The molecule has 0 amide bonds. The van der Waals surface area contributed by atoms with E-state index in [4.69, 9.17) is 9.84 Å². The van der Waals surface area contributed by atoms with E-state index in [-0.39, 0.29) is 6.54 Å². The Balaban J connectivity index is 1.78. The number of likely N-dealkylation sites (N-methyl/N-ethyl adjacent to an activating group) is 1. The van der Waals surface area contributed by atoms with Gasteiger partial charge in [0.1, 0.15) is 11.9 Å². The number of halogens is 5. The molecule has 0 saturated carbocycles. The molecule has 0 bridgehead atoms. The number of aliphatic carboxylic acids is 1. The molecule has 35 heavy (non-hydrogen) atoms. The van der Waals surface area contributed by atoms with Crippen molar-refractivity contribution in [1.29, 1.82) is 0 Å². The van der Waals surface area contributed by atoms with Crippen molar-refractivity contribution in [3.8, 4) is 5.75 Å². The fourth-order valence-electron chi connectivity index (χ4n) is 3.57. The molecule has 0 fully saturated rings. The van der Waals surface area contributed by atoms with Crippen LogP contribution in [0.1, 0.15) is 34.8 Å². The van der Waals surface area contributed by atoms with Crippen LogP contribution in [0.25, 0.3) is 0 Å². The van der Waals surface area contributed by atoms with Gasteiger partial charge in [-0.2, -0.15) is 22.0 Å². The van der Waals surface area contributed by atoms with Gasteiger partial charge in [-0.1, -0.05) is 42.5 Å². The quantitative estimate of drug-likeness (QED) is 0.334. The lowest BCUT2D eigenvalue weighted by molar-refractivity contribution is -0.138. The van der Waals surface area contributed by atoms with E-state index in [2.05, 4.69) is 0 Å². The zero-order valence-corrected chi connectivity index (χ0v) is 18.8. The third kappa shape index (κ3) is 7.02. The van der Waals surface area contributed by atoms with E-state index in [0.29, 0.717) is 24.8 Å². The number of hydrogen-bond acceptors (Lipinski definition) is 3. The average molecular weight is 493 g/mol. The maximum absolute atomic E-state index is 15.0. The zero-order chi connectivity index (χ0) is 25.6. The van der Waals surface area contributed by atoms with E-state index in [1.807, 2.05) is 30.3 Å². The van der Waals surface area contributed by atoms with Crippen LogP contribution in [0.2, 0.25) is 0 Å². The summed E-state index contributed by atoms with van der Waals surface area (Å²) in [5.41, 5.74) is -1.55. The van der Waals surface area contributed by atoms with Crippen LogP contribution in [0.5, 0.6) is 5.75 Å². The van der Waals surface area contributed by atoms with Gasteiger partial charge in [0.25, 0.3) is 5.92 Å². The van der Waals surface area contributed by atoms with Crippen LogP contribution in [0.3, 0.4) is 0 Å². The molecule has 3 rings (SSSR count). The summed E-state index contributed by atoms with van der Waals surface area (Å²) < 4.78 is 74.8. The molecule has 0 aliphatic carbocycles. The van der Waals surface area contributed by atoms with Crippen LogP contribution in [0.4, 0.5) is 22.0 Å². The van der Waals surface area contributed by atoms with Crippen molar-refractivity contribution in [2.75, 3.05) is 20.1 Å². The highest BCUT2D eigenvalue weighted by Gasteiger charge is 2.37. The zero-order valence-electron chi connectivity index (χ0n) is 18.8. The number of carbonyl (C=O) groups is 1. The molecule has 0 heterocycles. The highest BCUT2D eigenvalue weighted by molar-refractivity contribution is 5.69. The Labute approximate surface area is 199 Å². The minimum absolute atomic E-state index is 0.138. The minimum atomic E-state index is -4.73. The molecule has 4 nitrogen and oxygen atoms in total. The lowest BCUT2D eigenvalue weighted by Crippen LogP contribution is -2.28. The summed E-state index contributed by atoms with van der Waals surface area (Å²) >= 11 is 0. The lowest BCUT2D eigenvalue weighted by atomic mass is 9.98. The lowest BCUT2D eigenvalue weighted by Gasteiger charge is -2.23. The highest BCUT2D eigenvalue weighted by atomic mass is 19.4. The van der Waals surface area contributed by atoms with Gasteiger partial charge in [0.2, 0.25) is 0 Å². The molecule has 3 aromatic rings. The maximum Gasteiger partial charge on any atom is 0.416 e. The molecule has 0 aromatic heterocycles. The standard InChI is InChI=1S/C26H24F5NO3/c1-32(17-24(33)34)15-14-23(18-6-3-2-4-7-18)35-22-12-10-19(11-13-22)25(27,28)20-8-5-9-21(16-20)26(29,30)31/h2-13,16,23H,14-15,17H2,1H3,(H,33,34). The molecule has 0 spiro atoms. The first-order valence-electron chi connectivity index (χ1n) is 10.7. The van der Waals surface area contributed by atoms with Gasteiger partial charge in [-0.3, -0.25) is 9.69 Å². The van der Waals surface area contributed by atoms with E-state index < -0.39 is 40.9 Å². The van der Waals surface area contributed by atoms with E-state index in [1.54, 1.807) is 11.9 Å². The number of rotatable bonds is 10. The molecule has 0 aliphatic rings. The highest BCUT2D eigenvalue weighted by Crippen LogP contribution is 2.39. The van der Waals surface area contributed by atoms with Crippen molar-refractivity contribution in [1.82, 2.24) is 4.90 Å². The van der Waals surface area contributed by atoms with Gasteiger partial charge in [-0.05, 0) is 49.0 Å². The van der Waals surface area contributed by atoms with Crippen LogP contribution < -0.4 is 4.74 Å². The first-order valence-corrected chi connectivity index (χ1v) is 10.7. The largest absolute Gasteiger partial charge is 0.486 e. The Bertz CT molecular complexity index is 1120. The van der Waals surface area contributed by atoms with Gasteiger partial charge in [-0.15, -0.1) is 0 Å². The Morgan fingerprint density at radius 3 is 2.11 bits per heavy atom. The average Bonchev–Trinajstić information content (AvgIpc) is 2.81. The first kappa shape index (κ1) is 26.2. The third-order valence-corrected chi connectivity index (χ3v) is 5.40. The van der Waals surface area contributed by atoms with Crippen LogP contribution in [0, 0.1) is 0 Å². The number of carboxylic acid groups (broad SMARTS) is 1. The first-order chi connectivity index (χ1) is 16.5. The molecule has 1 atom stereocenters. The second-order valence-corrected chi connectivity index (χ2v) is 8.11. The topological polar surface area (TPSA) is 49.8 Å². The Morgan fingerprint density at radius 2 is 1.51 bits per heavy atom. The Hall–Kier alpha value is -3.46. The number of alkyl halides is 5. The molecule has 9 heteroatoms. The van der Waals surface area contributed by atoms with Gasteiger partial charge >= 0.3 is 12.1 Å². The number of hydrogen-bond donors (Lipinski definition) is 1. The maximum atomic E-state index is 15.0. The summed E-state index contributed by atoms with van der Waals surface area (Å²) in [5.74, 6) is -4.30. The van der Waals surface area contributed by atoms with Crippen LogP contribution in [-0.2, 0) is 16.9 Å². The molecule has 1 unspecified atom stereocenters. The normalized spacial score (nSPS) is 13.0. The fraction of sp³-hybridized carbons (Fsp3) is 0.269. The van der Waals surface area contributed by atoms with Crippen LogP contribution >= 0.6 is 0 Å². The molecular formula is C26H24F5NO3. The molecular weight excluding hydrogens is 469 g/mol. The summed E-state index contributed by atoms with van der Waals surface area (Å²) in [6.45, 7) is 0.276. The van der Waals surface area contributed by atoms with E-state index in [9.17, 15) is 26.7 Å². The number of nitrogens with zero attached hydrogens (tertiary/aromatic N) is 1. The van der Waals surface area contributed by atoms with Gasteiger partial charge in [0.15, 0.2) is 0 Å². The third-order valence-electron chi connectivity index (χ3n) is 5.40. The van der Waals surface area contributed by atoms with Gasteiger partial charge in [-0.25, -0.2) is 0 Å². The van der Waals surface area contributed by atoms with Crippen LogP contribution in [0.15, 0.2) is 78.9 Å². The molecule has 3 aromatic carbocycles. The number of carboxylic acids is 1. The second kappa shape index (κ2) is 10.9. The van der Waals surface area contributed by atoms with Crippen molar-refractivity contribution in [2.45, 2.75) is 24.6 Å². The fourth-order valence-corrected chi connectivity index (χ4v) is 3.57. The van der Waals surface area contributed by atoms with Crippen molar-refractivity contribution >= 4 is 5.97 Å². The summed E-state index contributed by atoms with van der Waals surface area (Å²) in [6.07, 6.45) is -4.76. The smallest absolute Gasteiger partial charge is 0.416 e. The molecule has 186 valence electrons. The Kier molecular flexibility index (Phi) is 8.11. The van der Waals surface area contributed by atoms with Crippen LogP contribution in [-0.4, -0.2) is 36.1 Å². The minimum Gasteiger partial charge on any atom is -0.486 e. The summed E-state index contributed by atoms with van der Waals surface area (Å²) in [5, 5.41) is 8.94. The summed E-state index contributed by atoms with van der Waals surface area (Å²) in [7, 11) is 1.67. The second-order valence-electron chi connectivity index (χ2n) is 8.11. The summed E-state index contributed by atoms with van der Waals surface area (Å²) in [6, 6.07) is 17.2. The molecule has 0 saturated heterocycles. The van der Waals surface area contributed by atoms with Gasteiger partial charge in [0.05, 0.1) is 12.1 Å². The molecule has 0 aliphatic heterocycles. The predicted molar refractivity (Wildman–Crippen MR) is 120 cm³/mol. The van der Waals surface area contributed by atoms with E-state index >= 15 is 0 Å². The monoisotopic (exact) mass is 493 g/mol. The predicted octanol–water partition coefficient (Wildman–Crippen LogP) is 6.37. The van der Waals surface area contributed by atoms with E-state index in [1.165, 1.54) is 12.1 Å². The van der Waals surface area contributed by atoms with Crippen molar-refractivity contribution < 1.29 is 36.6 Å². The van der Waals surface area contributed by atoms with Gasteiger partial charge < -0.3 is 9.84 Å². The summed E-state index contributed by atoms with van der Waals surface area (Å²) in [4.78, 5) is 12.5. The van der Waals surface area contributed by atoms with Crippen molar-refractivity contribution in [2.24, 2.45) is 0 Å².